The fourth-order valence-electron chi connectivity index (χ4n) is 4.44. The number of aromatic nitrogens is 1. The second kappa shape index (κ2) is 8.72. The fourth-order valence-corrected chi connectivity index (χ4v) is 4.44. The summed E-state index contributed by atoms with van der Waals surface area (Å²) in [5.41, 5.74) is 10.5. The monoisotopic (exact) mass is 413 g/mol. The lowest BCUT2D eigenvalue weighted by Crippen LogP contribution is -2.42. The average molecular weight is 414 g/mol. The number of likely N-dealkylation sites (tertiary alicyclic amines) is 1. The van der Waals surface area contributed by atoms with E-state index in [1.54, 1.807) is 17.3 Å². The number of carbonyl (C=O) groups excluding carboxylic acids is 2. The lowest BCUT2D eigenvalue weighted by Gasteiger charge is -2.27. The minimum Gasteiger partial charge on any atom is -0.369 e. The molecule has 5 heteroatoms. The van der Waals surface area contributed by atoms with Crippen LogP contribution < -0.4 is 5.73 Å². The maximum absolute atomic E-state index is 12.8. The molecular weight excluding hydrogens is 386 g/mol. The number of carbonyl (C=O) groups is 2. The van der Waals surface area contributed by atoms with Crippen molar-refractivity contribution in [1.29, 1.82) is 0 Å². The van der Waals surface area contributed by atoms with Crippen molar-refractivity contribution < 1.29 is 9.59 Å². The Morgan fingerprint density at radius 1 is 1.10 bits per heavy atom. The van der Waals surface area contributed by atoms with Crippen LogP contribution in [0.3, 0.4) is 0 Å². The van der Waals surface area contributed by atoms with Crippen LogP contribution in [0.4, 0.5) is 0 Å². The Labute approximate surface area is 182 Å². The van der Waals surface area contributed by atoms with Crippen molar-refractivity contribution in [3.63, 3.8) is 0 Å². The Morgan fingerprint density at radius 3 is 2.68 bits per heavy atom. The highest BCUT2D eigenvalue weighted by Crippen LogP contribution is 2.37. The summed E-state index contributed by atoms with van der Waals surface area (Å²) in [6, 6.07) is 20.2. The van der Waals surface area contributed by atoms with Crippen molar-refractivity contribution in [2.75, 3.05) is 13.1 Å². The summed E-state index contributed by atoms with van der Waals surface area (Å²) in [6.45, 7) is 2.96. The molecule has 4 rings (SSSR count). The van der Waals surface area contributed by atoms with Gasteiger partial charge in [-0.3, -0.25) is 14.6 Å². The van der Waals surface area contributed by atoms with Gasteiger partial charge in [0, 0.05) is 25.5 Å². The van der Waals surface area contributed by atoms with Gasteiger partial charge in [0.1, 0.15) is 0 Å². The number of aryl methyl sites for hydroxylation is 1. The van der Waals surface area contributed by atoms with Crippen molar-refractivity contribution in [2.45, 2.75) is 26.2 Å². The summed E-state index contributed by atoms with van der Waals surface area (Å²) in [7, 11) is 0. The maximum atomic E-state index is 12.8. The highest BCUT2D eigenvalue weighted by molar-refractivity contribution is 5.85. The van der Waals surface area contributed by atoms with Crippen molar-refractivity contribution >= 4 is 11.8 Å². The zero-order valence-corrected chi connectivity index (χ0v) is 17.8. The van der Waals surface area contributed by atoms with E-state index in [0.29, 0.717) is 25.9 Å². The molecule has 1 aliphatic heterocycles. The standard InChI is InChI=1S/C26H27N3O2/c1-19-6-4-9-21(14-19)23-10-3-2-8-22(23)16-26(25(27)31)11-13-29(18-26)24(30)15-20-7-5-12-28-17-20/h2-10,12,14,17H,11,13,15-16,18H2,1H3,(H2,27,31)/t26-/m0/s1. The van der Waals surface area contributed by atoms with Gasteiger partial charge in [-0.1, -0.05) is 60.2 Å². The van der Waals surface area contributed by atoms with E-state index in [1.165, 1.54) is 5.56 Å². The number of hydrogen-bond donors (Lipinski definition) is 1. The highest BCUT2D eigenvalue weighted by atomic mass is 16.2. The van der Waals surface area contributed by atoms with Crippen LogP contribution in [-0.4, -0.2) is 34.8 Å². The largest absolute Gasteiger partial charge is 0.369 e. The summed E-state index contributed by atoms with van der Waals surface area (Å²) in [4.78, 5) is 31.3. The van der Waals surface area contributed by atoms with Crippen LogP contribution in [0.2, 0.25) is 0 Å². The number of rotatable bonds is 6. The first-order chi connectivity index (χ1) is 15.0. The molecule has 0 aliphatic carbocycles. The lowest BCUT2D eigenvalue weighted by atomic mass is 9.78. The predicted octanol–water partition coefficient (Wildman–Crippen LogP) is 3.55. The van der Waals surface area contributed by atoms with Gasteiger partial charge >= 0.3 is 0 Å². The molecule has 0 spiro atoms. The van der Waals surface area contributed by atoms with Gasteiger partial charge in [-0.15, -0.1) is 0 Å². The minimum absolute atomic E-state index is 0.00287. The number of nitrogens with two attached hydrogens (primary N) is 1. The molecule has 1 aliphatic rings. The molecule has 1 atom stereocenters. The second-order valence-electron chi connectivity index (χ2n) is 8.45. The summed E-state index contributed by atoms with van der Waals surface area (Å²) < 4.78 is 0. The Hall–Kier alpha value is -3.47. The molecule has 3 aromatic rings. The molecule has 0 unspecified atom stereocenters. The summed E-state index contributed by atoms with van der Waals surface area (Å²) in [5, 5.41) is 0. The Morgan fingerprint density at radius 2 is 1.94 bits per heavy atom. The molecule has 0 bridgehead atoms. The first kappa shape index (κ1) is 20.8. The van der Waals surface area contributed by atoms with Crippen LogP contribution in [0.5, 0.6) is 0 Å². The van der Waals surface area contributed by atoms with E-state index in [9.17, 15) is 9.59 Å². The molecule has 1 aromatic heterocycles. The Bertz CT molecular complexity index is 1100. The van der Waals surface area contributed by atoms with Crippen LogP contribution in [0, 0.1) is 12.3 Å². The molecule has 0 saturated carbocycles. The van der Waals surface area contributed by atoms with Gasteiger partial charge in [-0.05, 0) is 48.1 Å². The van der Waals surface area contributed by atoms with E-state index in [4.69, 9.17) is 5.73 Å². The Kier molecular flexibility index (Phi) is 5.85. The predicted molar refractivity (Wildman–Crippen MR) is 121 cm³/mol. The van der Waals surface area contributed by atoms with E-state index in [2.05, 4.69) is 42.2 Å². The van der Waals surface area contributed by atoms with Gasteiger partial charge in [0.15, 0.2) is 0 Å². The quantitative estimate of drug-likeness (QED) is 0.671. The van der Waals surface area contributed by atoms with Crippen LogP contribution in [0.15, 0.2) is 73.1 Å². The van der Waals surface area contributed by atoms with Crippen LogP contribution in [-0.2, 0) is 22.4 Å². The number of benzene rings is 2. The van der Waals surface area contributed by atoms with Crippen LogP contribution in [0.1, 0.15) is 23.1 Å². The topological polar surface area (TPSA) is 76.3 Å². The lowest BCUT2D eigenvalue weighted by molar-refractivity contribution is -0.131. The van der Waals surface area contributed by atoms with Crippen LogP contribution >= 0.6 is 0 Å². The van der Waals surface area contributed by atoms with Crippen molar-refractivity contribution in [3.05, 3.63) is 89.7 Å². The molecule has 2 aromatic carbocycles. The summed E-state index contributed by atoms with van der Waals surface area (Å²) in [6.07, 6.45) is 4.76. The first-order valence-electron chi connectivity index (χ1n) is 10.6. The molecule has 5 nitrogen and oxygen atoms in total. The molecule has 2 amide bonds. The van der Waals surface area contributed by atoms with Gasteiger partial charge in [0.05, 0.1) is 11.8 Å². The van der Waals surface area contributed by atoms with Gasteiger partial charge in [0.25, 0.3) is 0 Å². The molecule has 158 valence electrons. The zero-order chi connectivity index (χ0) is 21.8. The molecule has 2 N–H and O–H groups in total. The van der Waals surface area contributed by atoms with E-state index in [-0.39, 0.29) is 18.2 Å². The molecule has 1 saturated heterocycles. The third kappa shape index (κ3) is 4.50. The normalized spacial score (nSPS) is 18.2. The molecule has 2 heterocycles. The van der Waals surface area contributed by atoms with Gasteiger partial charge < -0.3 is 10.6 Å². The van der Waals surface area contributed by atoms with E-state index in [0.717, 1.165) is 22.3 Å². The molecule has 1 fully saturated rings. The highest BCUT2D eigenvalue weighted by Gasteiger charge is 2.45. The van der Waals surface area contributed by atoms with Gasteiger partial charge in [-0.25, -0.2) is 0 Å². The van der Waals surface area contributed by atoms with Crippen molar-refractivity contribution in [1.82, 2.24) is 9.88 Å². The number of nitrogens with zero attached hydrogens (tertiary/aromatic N) is 2. The molecule has 31 heavy (non-hydrogen) atoms. The van der Waals surface area contributed by atoms with Gasteiger partial charge in [0.2, 0.25) is 11.8 Å². The van der Waals surface area contributed by atoms with Crippen molar-refractivity contribution in [3.8, 4) is 11.1 Å². The van der Waals surface area contributed by atoms with E-state index >= 15 is 0 Å². The van der Waals surface area contributed by atoms with E-state index in [1.807, 2.05) is 30.3 Å². The van der Waals surface area contributed by atoms with Gasteiger partial charge in [-0.2, -0.15) is 0 Å². The summed E-state index contributed by atoms with van der Waals surface area (Å²) in [5.74, 6) is -0.341. The first-order valence-corrected chi connectivity index (χ1v) is 10.6. The SMILES string of the molecule is Cc1cccc(-c2ccccc2C[C@@]2(C(N)=O)CCN(C(=O)Cc3cccnc3)C2)c1. The number of hydrogen-bond acceptors (Lipinski definition) is 3. The average Bonchev–Trinajstić information content (AvgIpc) is 3.21. The number of amides is 2. The minimum atomic E-state index is -0.759. The fraction of sp³-hybridized carbons (Fsp3) is 0.269. The number of primary amides is 1. The third-order valence-corrected chi connectivity index (χ3v) is 6.18. The molecule has 0 radical (unpaired) electrons. The number of pyridine rings is 1. The maximum Gasteiger partial charge on any atom is 0.227 e. The third-order valence-electron chi connectivity index (χ3n) is 6.18. The zero-order valence-electron chi connectivity index (χ0n) is 17.8. The smallest absolute Gasteiger partial charge is 0.227 e. The second-order valence-corrected chi connectivity index (χ2v) is 8.45. The Balaban J connectivity index is 1.57. The van der Waals surface area contributed by atoms with Crippen molar-refractivity contribution in [2.24, 2.45) is 11.1 Å². The van der Waals surface area contributed by atoms with E-state index < -0.39 is 5.41 Å². The summed E-state index contributed by atoms with van der Waals surface area (Å²) >= 11 is 0. The van der Waals surface area contributed by atoms with Crippen LogP contribution in [0.25, 0.3) is 11.1 Å². The molecular formula is C26H27N3O2.